The quantitative estimate of drug-likeness (QED) is 0.787. The number of oxazole rings is 1. The second kappa shape index (κ2) is 5.33. The minimum absolute atomic E-state index is 0.0785. The van der Waals surface area contributed by atoms with Crippen LogP contribution in [0, 0.1) is 0 Å². The number of thiazole rings is 1. The van der Waals surface area contributed by atoms with Crippen LogP contribution in [0.5, 0.6) is 0 Å². The van der Waals surface area contributed by atoms with Gasteiger partial charge in [-0.15, -0.1) is 11.3 Å². The Bertz CT molecular complexity index is 835. The van der Waals surface area contributed by atoms with Gasteiger partial charge in [0.25, 0.3) is 5.56 Å². The fourth-order valence-electron chi connectivity index (χ4n) is 1.78. The van der Waals surface area contributed by atoms with Crippen LogP contribution in [-0.4, -0.2) is 25.6 Å². The van der Waals surface area contributed by atoms with E-state index in [1.54, 1.807) is 24.0 Å². The smallest absolute Gasteiger partial charge is 0.357 e. The molecule has 0 saturated heterocycles. The summed E-state index contributed by atoms with van der Waals surface area (Å²) >= 11 is 1.45. The first-order valence-corrected chi connectivity index (χ1v) is 6.78. The molecule has 0 unspecified atom stereocenters. The normalized spacial score (nSPS) is 10.7. The van der Waals surface area contributed by atoms with Gasteiger partial charge < -0.3 is 14.1 Å². The van der Waals surface area contributed by atoms with Gasteiger partial charge in [0.05, 0.1) is 10.4 Å². The Hall–Kier alpha value is -2.74. The summed E-state index contributed by atoms with van der Waals surface area (Å²) in [5.74, 6) is -1.00. The summed E-state index contributed by atoms with van der Waals surface area (Å²) in [5, 5.41) is 8.77. The summed E-state index contributed by atoms with van der Waals surface area (Å²) in [6.45, 7) is 0.0785. The molecule has 3 heterocycles. The number of hydrogen-bond donors (Lipinski definition) is 1. The maximum Gasteiger partial charge on any atom is 0.357 e. The number of rotatable bonds is 4. The Labute approximate surface area is 122 Å². The second-order valence-electron chi connectivity index (χ2n) is 4.18. The molecule has 0 amide bonds. The second-order valence-corrected chi connectivity index (χ2v) is 5.07. The Kier molecular flexibility index (Phi) is 3.36. The van der Waals surface area contributed by atoms with Crippen molar-refractivity contribution in [1.82, 2.24) is 14.5 Å². The maximum absolute atomic E-state index is 12.0. The van der Waals surface area contributed by atoms with E-state index in [4.69, 9.17) is 9.52 Å². The van der Waals surface area contributed by atoms with Crippen molar-refractivity contribution >= 4 is 17.3 Å². The standard InChI is InChI=1S/C13H9N3O4S/c17-12-3-8(10-4-14-7-21-10)1-2-16(12)5-11-15-9(6-20-11)13(18)19/h1-4,6-7H,5H2,(H,18,19). The first-order chi connectivity index (χ1) is 10.1. The molecule has 7 nitrogen and oxygen atoms in total. The van der Waals surface area contributed by atoms with Crippen molar-refractivity contribution < 1.29 is 14.3 Å². The molecule has 21 heavy (non-hydrogen) atoms. The van der Waals surface area contributed by atoms with Crippen molar-refractivity contribution in [3.05, 3.63) is 58.2 Å². The zero-order valence-electron chi connectivity index (χ0n) is 10.6. The number of aromatic nitrogens is 3. The van der Waals surface area contributed by atoms with Crippen LogP contribution >= 0.6 is 11.3 Å². The minimum Gasteiger partial charge on any atom is -0.476 e. The summed E-state index contributed by atoms with van der Waals surface area (Å²) in [6, 6.07) is 3.28. The van der Waals surface area contributed by atoms with Crippen LogP contribution < -0.4 is 5.56 Å². The Morgan fingerprint density at radius 2 is 2.33 bits per heavy atom. The van der Waals surface area contributed by atoms with E-state index in [1.807, 2.05) is 0 Å². The third kappa shape index (κ3) is 2.75. The lowest BCUT2D eigenvalue weighted by atomic mass is 10.2. The fourth-order valence-corrected chi connectivity index (χ4v) is 2.40. The summed E-state index contributed by atoms with van der Waals surface area (Å²) in [5.41, 5.74) is 2.08. The molecule has 0 aliphatic carbocycles. The van der Waals surface area contributed by atoms with Gasteiger partial charge in [-0.2, -0.15) is 0 Å². The topological polar surface area (TPSA) is 98.2 Å². The van der Waals surface area contributed by atoms with Crippen LogP contribution in [-0.2, 0) is 6.54 Å². The van der Waals surface area contributed by atoms with Crippen LogP contribution in [0.1, 0.15) is 16.4 Å². The summed E-state index contributed by atoms with van der Waals surface area (Å²) < 4.78 is 6.42. The zero-order chi connectivity index (χ0) is 14.8. The molecular formula is C13H9N3O4S. The van der Waals surface area contributed by atoms with Crippen molar-refractivity contribution in [2.45, 2.75) is 6.54 Å². The zero-order valence-corrected chi connectivity index (χ0v) is 11.4. The minimum atomic E-state index is -1.17. The first kappa shape index (κ1) is 13.3. The Morgan fingerprint density at radius 3 is 2.95 bits per heavy atom. The van der Waals surface area contributed by atoms with Crippen molar-refractivity contribution in [2.75, 3.05) is 0 Å². The van der Waals surface area contributed by atoms with E-state index in [1.165, 1.54) is 22.0 Å². The third-order valence-electron chi connectivity index (χ3n) is 2.79. The summed E-state index contributed by atoms with van der Waals surface area (Å²) in [6.07, 6.45) is 4.35. The predicted molar refractivity (Wildman–Crippen MR) is 74.4 cm³/mol. The van der Waals surface area contributed by atoms with Gasteiger partial charge in [0.2, 0.25) is 5.89 Å². The average molecular weight is 303 g/mol. The van der Waals surface area contributed by atoms with Crippen molar-refractivity contribution in [1.29, 1.82) is 0 Å². The molecule has 3 aromatic heterocycles. The molecule has 8 heteroatoms. The lowest BCUT2D eigenvalue weighted by molar-refractivity contribution is 0.0690. The van der Waals surface area contributed by atoms with Gasteiger partial charge in [-0.05, 0) is 6.07 Å². The molecule has 3 rings (SSSR count). The van der Waals surface area contributed by atoms with E-state index in [0.29, 0.717) is 0 Å². The molecule has 3 aromatic rings. The number of hydrogen-bond acceptors (Lipinski definition) is 6. The number of carboxylic acid groups (broad SMARTS) is 1. The van der Waals surface area contributed by atoms with Crippen LogP contribution in [0.2, 0.25) is 0 Å². The van der Waals surface area contributed by atoms with E-state index < -0.39 is 5.97 Å². The van der Waals surface area contributed by atoms with Gasteiger partial charge in [-0.25, -0.2) is 9.78 Å². The molecule has 0 aliphatic heterocycles. The molecule has 0 saturated carbocycles. The van der Waals surface area contributed by atoms with E-state index in [2.05, 4.69) is 9.97 Å². The highest BCUT2D eigenvalue weighted by molar-refractivity contribution is 7.13. The largest absolute Gasteiger partial charge is 0.476 e. The summed E-state index contributed by atoms with van der Waals surface area (Å²) in [4.78, 5) is 31.4. The van der Waals surface area contributed by atoms with Crippen molar-refractivity contribution in [3.63, 3.8) is 0 Å². The first-order valence-electron chi connectivity index (χ1n) is 5.90. The van der Waals surface area contributed by atoms with Gasteiger partial charge in [0, 0.05) is 24.0 Å². The van der Waals surface area contributed by atoms with Gasteiger partial charge in [0.15, 0.2) is 5.69 Å². The molecule has 0 aromatic carbocycles. The molecule has 0 radical (unpaired) electrons. The van der Waals surface area contributed by atoms with Gasteiger partial charge in [0.1, 0.15) is 12.8 Å². The van der Waals surface area contributed by atoms with Crippen molar-refractivity contribution in [3.8, 4) is 10.4 Å². The number of carboxylic acids is 1. The Balaban J connectivity index is 1.86. The predicted octanol–water partition coefficient (Wildman–Crippen LogP) is 1.71. The molecule has 0 bridgehead atoms. The maximum atomic E-state index is 12.0. The van der Waals surface area contributed by atoms with E-state index in [0.717, 1.165) is 16.7 Å². The molecule has 0 spiro atoms. The number of aromatic carboxylic acids is 1. The highest BCUT2D eigenvalue weighted by atomic mass is 32.1. The Morgan fingerprint density at radius 1 is 1.48 bits per heavy atom. The fraction of sp³-hybridized carbons (Fsp3) is 0.0769. The lowest BCUT2D eigenvalue weighted by Crippen LogP contribution is -2.19. The molecule has 0 aliphatic rings. The van der Waals surface area contributed by atoms with Crippen molar-refractivity contribution in [2.24, 2.45) is 0 Å². The van der Waals surface area contributed by atoms with Gasteiger partial charge >= 0.3 is 5.97 Å². The summed E-state index contributed by atoms with van der Waals surface area (Å²) in [7, 11) is 0. The SMILES string of the molecule is O=C(O)c1coc(Cn2ccc(-c3cncs3)cc2=O)n1. The molecule has 106 valence electrons. The average Bonchev–Trinajstić information content (AvgIpc) is 3.12. The lowest BCUT2D eigenvalue weighted by Gasteiger charge is -2.03. The van der Waals surface area contributed by atoms with Crippen LogP contribution in [0.3, 0.4) is 0 Å². The molecule has 0 atom stereocenters. The molecule has 0 fully saturated rings. The number of nitrogens with zero attached hydrogens (tertiary/aromatic N) is 3. The number of carbonyl (C=O) groups is 1. The highest BCUT2D eigenvalue weighted by Gasteiger charge is 2.11. The molecule has 1 N–H and O–H groups in total. The van der Waals surface area contributed by atoms with Crippen LogP contribution in [0.15, 0.2) is 45.5 Å². The van der Waals surface area contributed by atoms with Crippen LogP contribution in [0.25, 0.3) is 10.4 Å². The molecular weight excluding hydrogens is 294 g/mol. The van der Waals surface area contributed by atoms with E-state index in [9.17, 15) is 9.59 Å². The van der Waals surface area contributed by atoms with Crippen LogP contribution in [0.4, 0.5) is 0 Å². The van der Waals surface area contributed by atoms with Gasteiger partial charge in [-0.1, -0.05) is 0 Å². The highest BCUT2D eigenvalue weighted by Crippen LogP contribution is 2.21. The van der Waals surface area contributed by atoms with E-state index in [-0.39, 0.29) is 23.7 Å². The monoisotopic (exact) mass is 303 g/mol. The van der Waals surface area contributed by atoms with Gasteiger partial charge in [-0.3, -0.25) is 9.78 Å². The number of pyridine rings is 1. The van der Waals surface area contributed by atoms with E-state index >= 15 is 0 Å². The third-order valence-corrected chi connectivity index (χ3v) is 3.61.